The van der Waals surface area contributed by atoms with E-state index >= 15 is 0 Å². The summed E-state index contributed by atoms with van der Waals surface area (Å²) in [4.78, 5) is 14.8. The van der Waals surface area contributed by atoms with Crippen molar-refractivity contribution in [3.8, 4) is 0 Å². The van der Waals surface area contributed by atoms with E-state index in [9.17, 15) is 9.00 Å². The average Bonchev–Trinajstić information content (AvgIpc) is 2.96. The molecule has 122 valence electrons. The van der Waals surface area contributed by atoms with Crippen LogP contribution in [0.15, 0.2) is 0 Å². The highest BCUT2D eigenvalue weighted by molar-refractivity contribution is 7.84. The fourth-order valence-corrected chi connectivity index (χ4v) is 4.70. The van der Waals surface area contributed by atoms with Crippen LogP contribution in [0.3, 0.4) is 0 Å². The number of nitrogens with one attached hydrogen (secondary N) is 1. The van der Waals surface area contributed by atoms with E-state index in [4.69, 9.17) is 0 Å². The van der Waals surface area contributed by atoms with Gasteiger partial charge in [-0.15, -0.1) is 0 Å². The van der Waals surface area contributed by atoms with Crippen LogP contribution in [0.2, 0.25) is 0 Å². The van der Waals surface area contributed by atoms with Gasteiger partial charge in [-0.3, -0.25) is 14.3 Å². The standard InChI is InChI=1S/C16H30N2O2S/c1-11(2)9-14-16(19)18(12(3)10-21(4)20)15(17-14)13-7-5-6-8-13/h11-15,17H,5-10H2,1-4H3. The van der Waals surface area contributed by atoms with Gasteiger partial charge >= 0.3 is 0 Å². The van der Waals surface area contributed by atoms with Gasteiger partial charge in [-0.05, 0) is 38.0 Å². The third-order valence-electron chi connectivity index (χ3n) is 4.73. The minimum atomic E-state index is -0.867. The molecule has 1 aliphatic carbocycles. The van der Waals surface area contributed by atoms with Crippen molar-refractivity contribution in [3.05, 3.63) is 0 Å². The van der Waals surface area contributed by atoms with Crippen LogP contribution in [0.1, 0.15) is 52.9 Å². The third kappa shape index (κ3) is 4.07. The number of nitrogens with zero attached hydrogens (tertiary/aromatic N) is 1. The molecule has 21 heavy (non-hydrogen) atoms. The Balaban J connectivity index is 2.14. The van der Waals surface area contributed by atoms with Gasteiger partial charge in [-0.1, -0.05) is 26.7 Å². The maximum absolute atomic E-state index is 12.8. The summed E-state index contributed by atoms with van der Waals surface area (Å²) < 4.78 is 11.6. The average molecular weight is 314 g/mol. The van der Waals surface area contributed by atoms with E-state index in [0.29, 0.717) is 17.6 Å². The first-order valence-corrected chi connectivity index (χ1v) is 10.0. The molecule has 1 N–H and O–H groups in total. The van der Waals surface area contributed by atoms with Crippen LogP contribution in [0.4, 0.5) is 0 Å². The van der Waals surface area contributed by atoms with Crippen molar-refractivity contribution >= 4 is 16.7 Å². The van der Waals surface area contributed by atoms with Gasteiger partial charge in [0.2, 0.25) is 5.91 Å². The van der Waals surface area contributed by atoms with Crippen molar-refractivity contribution < 1.29 is 9.00 Å². The maximum atomic E-state index is 12.8. The number of carbonyl (C=O) groups excluding carboxylic acids is 1. The Morgan fingerprint density at radius 3 is 2.43 bits per heavy atom. The Bertz CT molecular complexity index is 394. The molecule has 4 unspecified atom stereocenters. The molecule has 2 aliphatic rings. The molecule has 0 bridgehead atoms. The number of amides is 1. The van der Waals surface area contributed by atoms with E-state index in [1.807, 2.05) is 11.8 Å². The molecular formula is C16H30N2O2S. The molecule has 1 aliphatic heterocycles. The van der Waals surface area contributed by atoms with Crippen molar-refractivity contribution in [2.75, 3.05) is 12.0 Å². The zero-order valence-electron chi connectivity index (χ0n) is 13.8. The van der Waals surface area contributed by atoms with Crippen molar-refractivity contribution in [2.24, 2.45) is 11.8 Å². The lowest BCUT2D eigenvalue weighted by atomic mass is 10.0. The van der Waals surface area contributed by atoms with E-state index in [-0.39, 0.29) is 24.2 Å². The lowest BCUT2D eigenvalue weighted by Crippen LogP contribution is -2.48. The molecule has 0 aromatic carbocycles. The smallest absolute Gasteiger partial charge is 0.241 e. The van der Waals surface area contributed by atoms with Crippen LogP contribution >= 0.6 is 0 Å². The summed E-state index contributed by atoms with van der Waals surface area (Å²) in [6, 6.07) is 0.00179. The fraction of sp³-hybridized carbons (Fsp3) is 0.938. The highest BCUT2D eigenvalue weighted by atomic mass is 32.2. The van der Waals surface area contributed by atoms with Crippen molar-refractivity contribution in [1.29, 1.82) is 0 Å². The largest absolute Gasteiger partial charge is 0.322 e. The lowest BCUT2D eigenvalue weighted by Gasteiger charge is -2.33. The minimum absolute atomic E-state index is 0.0525. The Kier molecular flexibility index (Phi) is 5.83. The molecule has 2 rings (SSSR count). The van der Waals surface area contributed by atoms with Gasteiger partial charge in [0.15, 0.2) is 0 Å². The fourth-order valence-electron chi connectivity index (χ4n) is 3.86. The molecule has 2 fully saturated rings. The first-order valence-electron chi connectivity index (χ1n) is 8.28. The zero-order chi connectivity index (χ0) is 15.6. The second kappa shape index (κ2) is 7.23. The van der Waals surface area contributed by atoms with Crippen molar-refractivity contribution in [3.63, 3.8) is 0 Å². The summed E-state index contributed by atoms with van der Waals surface area (Å²) >= 11 is 0. The molecule has 1 saturated heterocycles. The van der Waals surface area contributed by atoms with Gasteiger partial charge in [0, 0.05) is 28.9 Å². The molecule has 0 spiro atoms. The summed E-state index contributed by atoms with van der Waals surface area (Å²) in [6.07, 6.45) is 7.72. The van der Waals surface area contributed by atoms with Crippen LogP contribution in [0.25, 0.3) is 0 Å². The second-order valence-electron chi connectivity index (χ2n) is 7.17. The lowest BCUT2D eigenvalue weighted by molar-refractivity contribution is -0.132. The van der Waals surface area contributed by atoms with Gasteiger partial charge in [0.1, 0.15) is 0 Å². The normalized spacial score (nSPS) is 30.3. The van der Waals surface area contributed by atoms with Gasteiger partial charge in [0.25, 0.3) is 0 Å². The minimum Gasteiger partial charge on any atom is -0.322 e. The molecule has 0 aromatic heterocycles. The predicted molar refractivity (Wildman–Crippen MR) is 87.4 cm³/mol. The Hall–Kier alpha value is -0.420. The number of hydrogen-bond acceptors (Lipinski definition) is 3. The van der Waals surface area contributed by atoms with Gasteiger partial charge in [0.05, 0.1) is 12.2 Å². The van der Waals surface area contributed by atoms with Crippen molar-refractivity contribution in [1.82, 2.24) is 10.2 Å². The third-order valence-corrected chi connectivity index (χ3v) is 5.68. The molecule has 4 atom stereocenters. The van der Waals surface area contributed by atoms with Crippen LogP contribution in [-0.4, -0.2) is 45.3 Å². The summed E-state index contributed by atoms with van der Waals surface area (Å²) in [5.41, 5.74) is 0. The number of hydrogen-bond donors (Lipinski definition) is 1. The van der Waals surface area contributed by atoms with E-state index in [2.05, 4.69) is 19.2 Å². The van der Waals surface area contributed by atoms with E-state index in [1.54, 1.807) is 6.26 Å². The van der Waals surface area contributed by atoms with E-state index in [1.165, 1.54) is 25.7 Å². The van der Waals surface area contributed by atoms with Crippen molar-refractivity contribution in [2.45, 2.75) is 71.1 Å². The van der Waals surface area contributed by atoms with Gasteiger partial charge in [-0.25, -0.2) is 0 Å². The Morgan fingerprint density at radius 1 is 1.29 bits per heavy atom. The second-order valence-corrected chi connectivity index (χ2v) is 8.65. The highest BCUT2D eigenvalue weighted by Gasteiger charge is 2.45. The molecule has 4 nitrogen and oxygen atoms in total. The predicted octanol–water partition coefficient (Wildman–Crippen LogP) is 2.12. The highest BCUT2D eigenvalue weighted by Crippen LogP contribution is 2.34. The van der Waals surface area contributed by atoms with Gasteiger partial charge in [-0.2, -0.15) is 0 Å². The van der Waals surface area contributed by atoms with Gasteiger partial charge < -0.3 is 4.90 Å². The topological polar surface area (TPSA) is 49.4 Å². The summed E-state index contributed by atoms with van der Waals surface area (Å²) in [6.45, 7) is 6.36. The monoisotopic (exact) mass is 314 g/mol. The van der Waals surface area contributed by atoms with E-state index in [0.717, 1.165) is 6.42 Å². The maximum Gasteiger partial charge on any atom is 0.241 e. The molecule has 0 aromatic rings. The van der Waals surface area contributed by atoms with Crippen LogP contribution in [0.5, 0.6) is 0 Å². The first-order chi connectivity index (χ1) is 9.90. The summed E-state index contributed by atoms with van der Waals surface area (Å²) in [5, 5.41) is 3.60. The van der Waals surface area contributed by atoms with Crippen LogP contribution < -0.4 is 5.32 Å². The van der Waals surface area contributed by atoms with E-state index < -0.39 is 10.8 Å². The molecule has 1 heterocycles. The SMILES string of the molecule is CC(C)CC1NC(C2CCCC2)N(C(C)CS(C)=O)C1=O. The number of carbonyl (C=O) groups is 1. The van der Waals surface area contributed by atoms with Crippen LogP contribution in [0, 0.1) is 11.8 Å². The molecule has 1 amide bonds. The Morgan fingerprint density at radius 2 is 1.90 bits per heavy atom. The first kappa shape index (κ1) is 16.9. The van der Waals surface area contributed by atoms with Crippen LogP contribution in [-0.2, 0) is 15.6 Å². The number of rotatable bonds is 6. The summed E-state index contributed by atoms with van der Waals surface area (Å²) in [5.74, 6) is 1.87. The molecule has 1 saturated carbocycles. The summed E-state index contributed by atoms with van der Waals surface area (Å²) in [7, 11) is -0.867. The quantitative estimate of drug-likeness (QED) is 0.817. The molecule has 0 radical (unpaired) electrons. The zero-order valence-corrected chi connectivity index (χ0v) is 14.6. The molecule has 5 heteroatoms. The molecular weight excluding hydrogens is 284 g/mol. The Labute approximate surface area is 131 Å².